The van der Waals surface area contributed by atoms with Crippen molar-refractivity contribution in [2.24, 2.45) is 5.41 Å². The Morgan fingerprint density at radius 2 is 1.82 bits per heavy atom. The highest BCUT2D eigenvalue weighted by Crippen LogP contribution is 2.52. The van der Waals surface area contributed by atoms with Crippen molar-refractivity contribution in [1.29, 1.82) is 0 Å². The van der Waals surface area contributed by atoms with Crippen LogP contribution in [0.3, 0.4) is 0 Å². The van der Waals surface area contributed by atoms with Crippen LogP contribution in [0.5, 0.6) is 0 Å². The number of carbonyl (C=O) groups is 2. The fraction of sp³-hybridized carbons (Fsp3) is 0.500. The fourth-order valence-electron chi connectivity index (χ4n) is 5.73. The van der Waals surface area contributed by atoms with Gasteiger partial charge in [0.15, 0.2) is 0 Å². The summed E-state index contributed by atoms with van der Waals surface area (Å²) in [6.45, 7) is 3.65. The maximum atomic E-state index is 14.2. The maximum absolute atomic E-state index is 14.2. The highest BCUT2D eigenvalue weighted by molar-refractivity contribution is 7.90. The number of nitrogens with zero attached hydrogens (tertiary/aromatic N) is 1. The van der Waals surface area contributed by atoms with Crippen LogP contribution < -0.4 is 4.72 Å². The molecule has 2 aromatic carbocycles. The van der Waals surface area contributed by atoms with E-state index in [9.17, 15) is 23.1 Å². The zero-order valence-corrected chi connectivity index (χ0v) is 23.9. The molecule has 1 saturated heterocycles. The van der Waals surface area contributed by atoms with Gasteiger partial charge in [0.25, 0.3) is 0 Å². The molecule has 1 aliphatic carbocycles. The van der Waals surface area contributed by atoms with Gasteiger partial charge in [-0.05, 0) is 61.1 Å². The molecule has 1 saturated carbocycles. The molecule has 0 spiro atoms. The minimum absolute atomic E-state index is 0.0522. The Hall–Kier alpha value is -2.13. The van der Waals surface area contributed by atoms with Gasteiger partial charge in [-0.25, -0.2) is 13.1 Å². The van der Waals surface area contributed by atoms with Crippen molar-refractivity contribution in [3.63, 3.8) is 0 Å². The summed E-state index contributed by atoms with van der Waals surface area (Å²) in [4.78, 5) is 27.9. The van der Waals surface area contributed by atoms with Crippen LogP contribution in [-0.2, 0) is 19.6 Å². The van der Waals surface area contributed by atoms with Crippen molar-refractivity contribution >= 4 is 45.1 Å². The molecule has 4 rings (SSSR count). The molecule has 7 nitrogen and oxygen atoms in total. The van der Waals surface area contributed by atoms with Crippen LogP contribution in [0.1, 0.15) is 75.5 Å². The minimum atomic E-state index is -3.51. The molecule has 1 unspecified atom stereocenters. The molecule has 0 bridgehead atoms. The first-order chi connectivity index (χ1) is 17.9. The standard InChI is InChI=1S/C28H34Cl2N2O5S/c1-3-22(17-31-38(36,37)23-8-5-9-23)32-26(18-10-12-20(29)13-11-18)24(19-6-4-7-21(30)14-19)15-28(2,27(32)35)16-25(33)34/h4,6-7,10-14,22-24,26,31H,3,5,8-9,15-17H2,1-2H3,(H,33,34)/t22-,24?,26+,28+/m0/s1. The van der Waals surface area contributed by atoms with E-state index in [1.807, 2.05) is 37.3 Å². The van der Waals surface area contributed by atoms with Gasteiger partial charge in [0.1, 0.15) is 0 Å². The largest absolute Gasteiger partial charge is 0.481 e. The first-order valence-corrected chi connectivity index (χ1v) is 15.3. The normalized spacial score (nSPS) is 25.2. The second-order valence-electron chi connectivity index (χ2n) is 10.7. The van der Waals surface area contributed by atoms with Gasteiger partial charge in [-0.1, -0.05) is 67.7 Å². The number of benzene rings is 2. The number of amides is 1. The molecule has 1 heterocycles. The van der Waals surface area contributed by atoms with Crippen molar-refractivity contribution in [3.8, 4) is 0 Å². The number of rotatable bonds is 10. The summed E-state index contributed by atoms with van der Waals surface area (Å²) in [5, 5.41) is 10.4. The van der Waals surface area contributed by atoms with Gasteiger partial charge in [0.05, 0.1) is 23.1 Å². The molecule has 206 valence electrons. The molecule has 38 heavy (non-hydrogen) atoms. The number of piperidine rings is 1. The number of carboxylic acids is 1. The summed E-state index contributed by atoms with van der Waals surface area (Å²) in [6, 6.07) is 13.7. The van der Waals surface area contributed by atoms with Crippen molar-refractivity contribution < 1.29 is 23.1 Å². The SMILES string of the molecule is CC[C@@H](CNS(=O)(=O)C1CCC1)N1C(=O)[C@@](C)(CC(=O)O)CC(c2cccc(Cl)c2)[C@H]1c1ccc(Cl)cc1. The van der Waals surface area contributed by atoms with Crippen LogP contribution in [0.25, 0.3) is 0 Å². The lowest BCUT2D eigenvalue weighted by atomic mass is 9.67. The molecule has 4 atom stereocenters. The van der Waals surface area contributed by atoms with Crippen molar-refractivity contribution in [1.82, 2.24) is 9.62 Å². The Balaban J connectivity index is 1.82. The summed E-state index contributed by atoms with van der Waals surface area (Å²) >= 11 is 12.6. The topological polar surface area (TPSA) is 104 Å². The van der Waals surface area contributed by atoms with Crippen LogP contribution >= 0.6 is 23.2 Å². The summed E-state index contributed by atoms with van der Waals surface area (Å²) in [6.07, 6.45) is 2.60. The number of carbonyl (C=O) groups excluding carboxylic acids is 1. The smallest absolute Gasteiger partial charge is 0.304 e. The van der Waals surface area contributed by atoms with E-state index < -0.39 is 38.7 Å². The third-order valence-electron chi connectivity index (χ3n) is 8.01. The molecule has 2 N–H and O–H groups in total. The molecule has 0 radical (unpaired) electrons. The number of carboxylic acid groups (broad SMARTS) is 1. The lowest BCUT2D eigenvalue weighted by Gasteiger charge is -2.52. The monoisotopic (exact) mass is 580 g/mol. The van der Waals surface area contributed by atoms with E-state index in [1.165, 1.54) is 0 Å². The third-order valence-corrected chi connectivity index (χ3v) is 10.4. The van der Waals surface area contributed by atoms with Gasteiger partial charge in [0, 0.05) is 28.5 Å². The van der Waals surface area contributed by atoms with E-state index in [2.05, 4.69) is 4.72 Å². The fourth-order valence-corrected chi connectivity index (χ4v) is 7.67. The number of nitrogens with one attached hydrogen (secondary N) is 1. The van der Waals surface area contributed by atoms with Gasteiger partial charge in [0.2, 0.25) is 15.9 Å². The number of hydrogen-bond acceptors (Lipinski definition) is 4. The number of halogens is 2. The van der Waals surface area contributed by atoms with Crippen LogP contribution in [0.2, 0.25) is 10.0 Å². The lowest BCUT2D eigenvalue weighted by Crippen LogP contribution is -2.58. The van der Waals surface area contributed by atoms with Gasteiger partial charge >= 0.3 is 5.97 Å². The van der Waals surface area contributed by atoms with E-state index in [4.69, 9.17) is 23.2 Å². The molecule has 2 aromatic rings. The molecule has 10 heteroatoms. The quantitative estimate of drug-likeness (QED) is 0.370. The number of hydrogen-bond donors (Lipinski definition) is 2. The van der Waals surface area contributed by atoms with Crippen LogP contribution in [0, 0.1) is 5.41 Å². The molecule has 1 amide bonds. The minimum Gasteiger partial charge on any atom is -0.481 e. The first-order valence-electron chi connectivity index (χ1n) is 13.0. The second kappa shape index (κ2) is 11.5. The lowest BCUT2D eigenvalue weighted by molar-refractivity contribution is -0.160. The van der Waals surface area contributed by atoms with Crippen molar-refractivity contribution in [2.75, 3.05) is 6.54 Å². The predicted octanol–water partition coefficient (Wildman–Crippen LogP) is 5.78. The summed E-state index contributed by atoms with van der Waals surface area (Å²) < 4.78 is 28.5. The van der Waals surface area contributed by atoms with Gasteiger partial charge < -0.3 is 10.0 Å². The molecular weight excluding hydrogens is 547 g/mol. The highest BCUT2D eigenvalue weighted by atomic mass is 35.5. The van der Waals surface area contributed by atoms with Gasteiger partial charge in [-0.15, -0.1) is 0 Å². The molecule has 2 fully saturated rings. The Labute approximate surface area is 234 Å². The molecule has 0 aromatic heterocycles. The zero-order chi connectivity index (χ0) is 27.7. The first kappa shape index (κ1) is 28.9. The van der Waals surface area contributed by atoms with Crippen LogP contribution in [0.4, 0.5) is 0 Å². The van der Waals surface area contributed by atoms with Crippen LogP contribution in [-0.4, -0.2) is 48.1 Å². The summed E-state index contributed by atoms with van der Waals surface area (Å²) in [7, 11) is -3.51. The Kier molecular flexibility index (Phi) is 8.77. The van der Waals surface area contributed by atoms with E-state index >= 15 is 0 Å². The van der Waals surface area contributed by atoms with E-state index in [0.29, 0.717) is 35.7 Å². The molecule has 2 aliphatic rings. The van der Waals surface area contributed by atoms with Gasteiger partial charge in [-0.2, -0.15) is 0 Å². The van der Waals surface area contributed by atoms with Crippen molar-refractivity contribution in [2.45, 2.75) is 75.6 Å². The Bertz CT molecular complexity index is 1280. The highest BCUT2D eigenvalue weighted by Gasteiger charge is 2.52. The van der Waals surface area contributed by atoms with Crippen molar-refractivity contribution in [3.05, 3.63) is 69.7 Å². The number of sulfonamides is 1. The average Bonchev–Trinajstić information content (AvgIpc) is 2.80. The average molecular weight is 582 g/mol. The Morgan fingerprint density at radius 1 is 1.13 bits per heavy atom. The zero-order valence-electron chi connectivity index (χ0n) is 21.6. The third kappa shape index (κ3) is 6.03. The van der Waals surface area contributed by atoms with E-state index in [0.717, 1.165) is 17.5 Å². The summed E-state index contributed by atoms with van der Waals surface area (Å²) in [5.74, 6) is -1.64. The molecular formula is C28H34Cl2N2O5S. The van der Waals surface area contributed by atoms with E-state index in [1.54, 1.807) is 30.0 Å². The number of aliphatic carboxylic acids is 1. The molecule has 1 aliphatic heterocycles. The van der Waals surface area contributed by atoms with E-state index in [-0.39, 0.29) is 24.8 Å². The summed E-state index contributed by atoms with van der Waals surface area (Å²) in [5.41, 5.74) is 0.532. The second-order valence-corrected chi connectivity index (χ2v) is 13.6. The predicted molar refractivity (Wildman–Crippen MR) is 149 cm³/mol. The van der Waals surface area contributed by atoms with Gasteiger partial charge in [-0.3, -0.25) is 9.59 Å². The maximum Gasteiger partial charge on any atom is 0.304 e. The number of likely N-dealkylation sites (tertiary alicyclic amines) is 1. The van der Waals surface area contributed by atoms with Crippen LogP contribution in [0.15, 0.2) is 48.5 Å². The Morgan fingerprint density at radius 3 is 2.37 bits per heavy atom.